The van der Waals surface area contributed by atoms with Crippen molar-refractivity contribution in [1.29, 1.82) is 0 Å². The summed E-state index contributed by atoms with van der Waals surface area (Å²) in [5.41, 5.74) is 6.22. The number of nitrogens with two attached hydrogens (primary N) is 1. The van der Waals surface area contributed by atoms with Crippen molar-refractivity contribution in [1.82, 2.24) is 0 Å². The lowest BCUT2D eigenvalue weighted by Gasteiger charge is -2.09. The van der Waals surface area contributed by atoms with E-state index in [2.05, 4.69) is 0 Å². The van der Waals surface area contributed by atoms with Crippen molar-refractivity contribution in [3.8, 4) is 0 Å². The quantitative estimate of drug-likeness (QED) is 0.630. The highest BCUT2D eigenvalue weighted by Crippen LogP contribution is 2.32. The molecule has 3 N–H and O–H groups in total. The number of hydrogen-bond donors (Lipinski definition) is 2. The third kappa shape index (κ3) is 1.14. The summed E-state index contributed by atoms with van der Waals surface area (Å²) in [4.78, 5) is 0. The number of benzene rings is 1. The van der Waals surface area contributed by atoms with Crippen LogP contribution >= 0.6 is 0 Å². The number of fused-ring (bicyclic) bond motifs is 1. The van der Waals surface area contributed by atoms with Gasteiger partial charge >= 0.3 is 0 Å². The van der Waals surface area contributed by atoms with Gasteiger partial charge in [0.05, 0.1) is 12.1 Å². The first-order valence-electron chi connectivity index (χ1n) is 4.01. The largest absolute Gasteiger partial charge is 0.391 e. The molecule has 0 bridgehead atoms. The van der Waals surface area contributed by atoms with Crippen LogP contribution < -0.4 is 5.73 Å². The van der Waals surface area contributed by atoms with E-state index < -0.39 is 23.8 Å². The van der Waals surface area contributed by atoms with E-state index in [1.807, 2.05) is 0 Å². The van der Waals surface area contributed by atoms with Crippen molar-refractivity contribution >= 4 is 0 Å². The van der Waals surface area contributed by atoms with Crippen LogP contribution in [0.3, 0.4) is 0 Å². The van der Waals surface area contributed by atoms with Crippen molar-refractivity contribution < 1.29 is 13.9 Å². The molecule has 0 aliphatic heterocycles. The molecule has 0 amide bonds. The average Bonchev–Trinajstić information content (AvgIpc) is 2.37. The molecule has 0 saturated heterocycles. The number of halogens is 2. The van der Waals surface area contributed by atoms with Crippen LogP contribution in [0.4, 0.5) is 8.78 Å². The molecule has 4 heteroatoms. The van der Waals surface area contributed by atoms with Crippen LogP contribution in [-0.4, -0.2) is 11.2 Å². The smallest absolute Gasteiger partial charge is 0.163 e. The standard InChI is InChI=1S/C9H9F2NO/c10-5-2-1-4-3-6(13)9(12)7(4)8(5)11/h1-2,6,9,13H,3,12H2/t6-,9-/m0/s1. The van der Waals surface area contributed by atoms with E-state index in [4.69, 9.17) is 5.73 Å². The maximum atomic E-state index is 13.2. The van der Waals surface area contributed by atoms with Crippen LogP contribution in [-0.2, 0) is 6.42 Å². The molecule has 2 rings (SSSR count). The maximum Gasteiger partial charge on any atom is 0.163 e. The Hall–Kier alpha value is -1.00. The Kier molecular flexibility index (Phi) is 1.82. The molecule has 1 aliphatic carbocycles. The van der Waals surface area contributed by atoms with E-state index in [0.29, 0.717) is 12.0 Å². The summed E-state index contributed by atoms with van der Waals surface area (Å²) in [6, 6.07) is 1.72. The highest BCUT2D eigenvalue weighted by molar-refractivity contribution is 5.37. The second kappa shape index (κ2) is 2.75. The van der Waals surface area contributed by atoms with Gasteiger partial charge in [0.1, 0.15) is 0 Å². The van der Waals surface area contributed by atoms with Crippen LogP contribution in [0.2, 0.25) is 0 Å². The first-order valence-corrected chi connectivity index (χ1v) is 4.01. The number of hydrogen-bond acceptors (Lipinski definition) is 2. The van der Waals surface area contributed by atoms with Crippen LogP contribution in [0.1, 0.15) is 17.2 Å². The van der Waals surface area contributed by atoms with Gasteiger partial charge in [0.15, 0.2) is 11.6 Å². The zero-order valence-electron chi connectivity index (χ0n) is 6.80. The van der Waals surface area contributed by atoms with Crippen LogP contribution in [0, 0.1) is 11.6 Å². The van der Waals surface area contributed by atoms with E-state index >= 15 is 0 Å². The van der Waals surface area contributed by atoms with Crippen LogP contribution in [0.25, 0.3) is 0 Å². The van der Waals surface area contributed by atoms with E-state index in [-0.39, 0.29) is 5.56 Å². The Morgan fingerprint density at radius 2 is 2.08 bits per heavy atom. The molecule has 0 aromatic heterocycles. The third-order valence-electron chi connectivity index (χ3n) is 2.40. The minimum atomic E-state index is -0.929. The van der Waals surface area contributed by atoms with Crippen LogP contribution in [0.15, 0.2) is 12.1 Å². The summed E-state index contributed by atoms with van der Waals surface area (Å²) < 4.78 is 25.9. The molecule has 2 nitrogen and oxygen atoms in total. The van der Waals surface area contributed by atoms with Crippen molar-refractivity contribution in [2.24, 2.45) is 5.73 Å². The Balaban J connectivity index is 2.59. The monoisotopic (exact) mass is 185 g/mol. The van der Waals surface area contributed by atoms with Crippen LogP contribution in [0.5, 0.6) is 0 Å². The Labute approximate surface area is 74.0 Å². The molecule has 0 spiro atoms. The molecule has 13 heavy (non-hydrogen) atoms. The summed E-state index contributed by atoms with van der Waals surface area (Å²) in [5, 5.41) is 9.32. The van der Waals surface area contributed by atoms with Gasteiger partial charge < -0.3 is 10.8 Å². The van der Waals surface area contributed by atoms with Gasteiger partial charge in [-0.15, -0.1) is 0 Å². The molecule has 1 aromatic carbocycles. The zero-order valence-corrected chi connectivity index (χ0v) is 6.80. The van der Waals surface area contributed by atoms with Gasteiger partial charge in [-0.2, -0.15) is 0 Å². The van der Waals surface area contributed by atoms with Crippen molar-refractivity contribution in [2.45, 2.75) is 18.6 Å². The topological polar surface area (TPSA) is 46.2 Å². The van der Waals surface area contributed by atoms with E-state index in [9.17, 15) is 13.9 Å². The average molecular weight is 185 g/mol. The van der Waals surface area contributed by atoms with Gasteiger partial charge in [-0.1, -0.05) is 6.07 Å². The maximum absolute atomic E-state index is 13.2. The van der Waals surface area contributed by atoms with E-state index in [1.54, 1.807) is 0 Å². The number of aliphatic hydroxyl groups is 1. The highest BCUT2D eigenvalue weighted by atomic mass is 19.2. The second-order valence-corrected chi connectivity index (χ2v) is 3.23. The molecular formula is C9H9F2NO. The molecule has 2 atom stereocenters. The minimum absolute atomic E-state index is 0.118. The van der Waals surface area contributed by atoms with E-state index in [1.165, 1.54) is 6.07 Å². The number of aliphatic hydroxyl groups excluding tert-OH is 1. The fourth-order valence-corrected chi connectivity index (χ4v) is 1.69. The fourth-order valence-electron chi connectivity index (χ4n) is 1.69. The molecule has 0 unspecified atom stereocenters. The molecule has 1 aliphatic rings. The Bertz CT molecular complexity index is 354. The number of rotatable bonds is 0. The predicted octanol–water partition coefficient (Wildman–Crippen LogP) is 0.882. The summed E-state index contributed by atoms with van der Waals surface area (Å²) in [6.07, 6.45) is -0.500. The van der Waals surface area contributed by atoms with Crippen molar-refractivity contribution in [3.05, 3.63) is 34.9 Å². The molecule has 70 valence electrons. The van der Waals surface area contributed by atoms with Crippen molar-refractivity contribution in [3.63, 3.8) is 0 Å². The first kappa shape index (κ1) is 8.59. The molecule has 0 heterocycles. The van der Waals surface area contributed by atoms with Gasteiger partial charge in [0, 0.05) is 12.0 Å². The molecule has 0 saturated carbocycles. The van der Waals surface area contributed by atoms with Gasteiger partial charge in [-0.05, 0) is 11.6 Å². The second-order valence-electron chi connectivity index (χ2n) is 3.23. The van der Waals surface area contributed by atoms with Gasteiger partial charge in [-0.25, -0.2) is 8.78 Å². The van der Waals surface area contributed by atoms with E-state index in [0.717, 1.165) is 6.07 Å². The highest BCUT2D eigenvalue weighted by Gasteiger charge is 2.31. The Morgan fingerprint density at radius 1 is 1.38 bits per heavy atom. The fraction of sp³-hybridized carbons (Fsp3) is 0.333. The molecular weight excluding hydrogens is 176 g/mol. The van der Waals surface area contributed by atoms with Gasteiger partial charge in [-0.3, -0.25) is 0 Å². The molecule has 0 radical (unpaired) electrons. The van der Waals surface area contributed by atoms with Crippen molar-refractivity contribution in [2.75, 3.05) is 0 Å². The molecule has 0 fully saturated rings. The lowest BCUT2D eigenvalue weighted by atomic mass is 10.1. The summed E-state index contributed by atoms with van der Waals surface area (Å²) >= 11 is 0. The lowest BCUT2D eigenvalue weighted by Crippen LogP contribution is -2.22. The normalized spacial score (nSPS) is 26.2. The minimum Gasteiger partial charge on any atom is -0.391 e. The third-order valence-corrected chi connectivity index (χ3v) is 2.40. The summed E-state index contributed by atoms with van der Waals surface area (Å²) in [5.74, 6) is -1.84. The molecule has 1 aromatic rings. The summed E-state index contributed by atoms with van der Waals surface area (Å²) in [7, 11) is 0. The Morgan fingerprint density at radius 3 is 2.77 bits per heavy atom. The zero-order chi connectivity index (χ0) is 9.59. The van der Waals surface area contributed by atoms with Gasteiger partial charge in [0.2, 0.25) is 0 Å². The SMILES string of the molecule is N[C@@H]1c2c(ccc(F)c2F)C[C@@H]1O. The van der Waals surface area contributed by atoms with Gasteiger partial charge in [0.25, 0.3) is 0 Å². The predicted molar refractivity (Wildman–Crippen MR) is 43.0 cm³/mol. The lowest BCUT2D eigenvalue weighted by molar-refractivity contribution is 0.157. The summed E-state index contributed by atoms with van der Waals surface area (Å²) in [6.45, 7) is 0. The first-order chi connectivity index (χ1) is 6.11.